The van der Waals surface area contributed by atoms with Crippen molar-refractivity contribution in [1.82, 2.24) is 20.1 Å². The third-order valence-electron chi connectivity index (χ3n) is 13.6. The Morgan fingerprint density at radius 3 is 2.14 bits per heavy atom. The van der Waals surface area contributed by atoms with Crippen LogP contribution in [0.15, 0.2) is 54.7 Å². The maximum Gasteiger partial charge on any atom is 0.262 e. The second-order valence-electron chi connectivity index (χ2n) is 17.2. The van der Waals surface area contributed by atoms with Crippen molar-refractivity contribution in [2.24, 2.45) is 17.3 Å². The van der Waals surface area contributed by atoms with Crippen LogP contribution in [0.25, 0.3) is 0 Å². The van der Waals surface area contributed by atoms with Gasteiger partial charge in [-0.2, -0.15) is 5.26 Å². The van der Waals surface area contributed by atoms with E-state index in [1.54, 1.807) is 18.2 Å². The lowest BCUT2D eigenvalue weighted by atomic mass is 9.71. The number of imide groups is 2. The Morgan fingerprint density at radius 2 is 1.47 bits per heavy atom. The average molecular weight is 818 g/mol. The lowest BCUT2D eigenvalue weighted by Gasteiger charge is -2.55. The quantitative estimate of drug-likeness (QED) is 0.304. The van der Waals surface area contributed by atoms with Crippen molar-refractivity contribution >= 4 is 64.0 Å². The molecule has 0 saturated carbocycles. The third kappa shape index (κ3) is 7.74. The Kier molecular flexibility index (Phi) is 10.5. The van der Waals surface area contributed by atoms with Crippen LogP contribution in [0, 0.1) is 28.6 Å². The smallest absolute Gasteiger partial charge is 0.262 e. The lowest BCUT2D eigenvalue weighted by Crippen LogP contribution is -2.60. The van der Waals surface area contributed by atoms with Gasteiger partial charge in [0.05, 0.1) is 33.6 Å². The van der Waals surface area contributed by atoms with E-state index in [1.807, 2.05) is 30.5 Å². The number of carbonyl (C=O) groups is 5. The van der Waals surface area contributed by atoms with Crippen LogP contribution in [0.1, 0.15) is 77.6 Å². The van der Waals surface area contributed by atoms with Crippen LogP contribution >= 0.6 is 11.6 Å². The molecule has 1 atom stereocenters. The Bertz CT molecular complexity index is 2210. The van der Waals surface area contributed by atoms with Crippen LogP contribution in [0.2, 0.25) is 5.02 Å². The molecule has 9 rings (SSSR count). The van der Waals surface area contributed by atoms with Gasteiger partial charge < -0.3 is 24.9 Å². The van der Waals surface area contributed by atoms with E-state index in [9.17, 15) is 24.0 Å². The minimum atomic E-state index is -0.963. The number of benzene rings is 2. The Balaban J connectivity index is 0.691. The first-order chi connectivity index (χ1) is 28.6. The SMILES string of the molecule is N#Cc1ccc(N2CCC(C(=O)Nc3ccc(N4CC5(CCN(CC6CCN(c7ccc8c(c7)C(=O)N(C7CCC(=O)NC7=O)C8=O)CC6)CC5)C4)cn3)CC2)cc1Cl. The summed E-state index contributed by atoms with van der Waals surface area (Å²) in [5.74, 6) is -0.841. The highest BCUT2D eigenvalue weighted by molar-refractivity contribution is 6.32. The zero-order valence-corrected chi connectivity index (χ0v) is 33.8. The molecule has 5 amide bonds. The van der Waals surface area contributed by atoms with E-state index in [0.29, 0.717) is 38.9 Å². The number of nitrogens with zero attached hydrogens (tertiary/aromatic N) is 7. The molecule has 0 radical (unpaired) electrons. The fourth-order valence-corrected chi connectivity index (χ4v) is 10.2. The number of amides is 5. The summed E-state index contributed by atoms with van der Waals surface area (Å²) >= 11 is 6.24. The predicted octanol–water partition coefficient (Wildman–Crippen LogP) is 4.68. The van der Waals surface area contributed by atoms with E-state index in [2.05, 4.69) is 47.4 Å². The average Bonchev–Trinajstić information content (AvgIpc) is 3.48. The van der Waals surface area contributed by atoms with Crippen molar-refractivity contribution in [1.29, 1.82) is 5.26 Å². The molecule has 6 aliphatic rings. The summed E-state index contributed by atoms with van der Waals surface area (Å²) in [6.45, 7) is 8.57. The number of halogens is 1. The zero-order chi connectivity index (χ0) is 40.8. The van der Waals surface area contributed by atoms with Crippen molar-refractivity contribution in [2.45, 2.75) is 57.4 Å². The van der Waals surface area contributed by atoms with E-state index < -0.39 is 23.8 Å². The summed E-state index contributed by atoms with van der Waals surface area (Å²) in [5.41, 5.74) is 4.40. The lowest BCUT2D eigenvalue weighted by molar-refractivity contribution is -0.136. The summed E-state index contributed by atoms with van der Waals surface area (Å²) in [6.07, 6.45) is 8.05. The van der Waals surface area contributed by atoms with Crippen LogP contribution in [-0.2, 0) is 14.4 Å². The standard InChI is InChI=1S/C44H48ClN9O5/c45-36-22-32(2-1-30(36)23-46)52-17-11-29(12-18-52)40(56)48-38-7-4-33(24-47-38)53-26-44(27-53)13-19-50(20-14-44)25-28-9-15-51(16-10-28)31-3-5-34-35(21-31)43(59)54(42(34)58)37-6-8-39(55)49-41(37)57/h1-5,7,21-22,24,28-29,37H,6,8-20,25-27H2,(H,47,48,56)(H,49,55,57). The van der Waals surface area contributed by atoms with Crippen molar-refractivity contribution in [3.8, 4) is 6.07 Å². The molecule has 0 bridgehead atoms. The van der Waals surface area contributed by atoms with Crippen molar-refractivity contribution < 1.29 is 24.0 Å². The van der Waals surface area contributed by atoms with Gasteiger partial charge in [-0.1, -0.05) is 11.6 Å². The molecule has 7 heterocycles. The molecule has 3 aromatic rings. The van der Waals surface area contributed by atoms with E-state index >= 15 is 0 Å². The van der Waals surface area contributed by atoms with Crippen LogP contribution in [0.4, 0.5) is 22.9 Å². The number of carbonyl (C=O) groups excluding carboxylic acids is 5. The van der Waals surface area contributed by atoms with Gasteiger partial charge in [-0.25, -0.2) is 4.98 Å². The van der Waals surface area contributed by atoms with Gasteiger partial charge in [0, 0.05) is 74.9 Å². The number of anilines is 4. The van der Waals surface area contributed by atoms with Crippen LogP contribution < -0.4 is 25.3 Å². The van der Waals surface area contributed by atoms with Crippen molar-refractivity contribution in [3.05, 3.63) is 76.4 Å². The summed E-state index contributed by atoms with van der Waals surface area (Å²) in [4.78, 5) is 78.8. The first-order valence-electron chi connectivity index (χ1n) is 20.9. The fraction of sp³-hybridized carbons (Fsp3) is 0.477. The monoisotopic (exact) mass is 817 g/mol. The molecule has 1 spiro atoms. The predicted molar refractivity (Wildman–Crippen MR) is 222 cm³/mol. The largest absolute Gasteiger partial charge is 0.371 e. The first kappa shape index (κ1) is 39.0. The molecule has 14 nitrogen and oxygen atoms in total. The highest BCUT2D eigenvalue weighted by atomic mass is 35.5. The second-order valence-corrected chi connectivity index (χ2v) is 17.6. The molecule has 1 unspecified atom stereocenters. The fourth-order valence-electron chi connectivity index (χ4n) is 9.93. The van der Waals surface area contributed by atoms with Gasteiger partial charge in [-0.15, -0.1) is 0 Å². The van der Waals surface area contributed by atoms with E-state index in [4.69, 9.17) is 16.9 Å². The van der Waals surface area contributed by atoms with Crippen molar-refractivity contribution in [2.75, 3.05) is 78.9 Å². The molecule has 6 aliphatic heterocycles. The molecule has 15 heteroatoms. The molecule has 5 saturated heterocycles. The number of fused-ring (bicyclic) bond motifs is 1. The molecule has 5 fully saturated rings. The Labute approximate surface area is 348 Å². The number of rotatable bonds is 8. The number of hydrogen-bond acceptors (Lipinski definition) is 11. The molecule has 306 valence electrons. The summed E-state index contributed by atoms with van der Waals surface area (Å²) < 4.78 is 0. The van der Waals surface area contributed by atoms with Crippen LogP contribution in [0.5, 0.6) is 0 Å². The highest BCUT2D eigenvalue weighted by Crippen LogP contribution is 2.43. The molecular formula is C44H48ClN9O5. The summed E-state index contributed by atoms with van der Waals surface area (Å²) in [6, 6.07) is 16.0. The number of nitrogens with one attached hydrogen (secondary N) is 2. The molecule has 59 heavy (non-hydrogen) atoms. The number of likely N-dealkylation sites (tertiary alicyclic amines) is 1. The maximum absolute atomic E-state index is 13.3. The molecular weight excluding hydrogens is 770 g/mol. The minimum Gasteiger partial charge on any atom is -0.371 e. The molecule has 2 N–H and O–H groups in total. The van der Waals surface area contributed by atoms with Gasteiger partial charge in [-0.05, 0) is 112 Å². The highest BCUT2D eigenvalue weighted by Gasteiger charge is 2.46. The number of piperidine rings is 4. The van der Waals surface area contributed by atoms with Gasteiger partial charge in [0.25, 0.3) is 11.8 Å². The normalized spacial score (nSPS) is 22.6. The molecule has 1 aromatic heterocycles. The molecule has 2 aromatic carbocycles. The Morgan fingerprint density at radius 1 is 0.814 bits per heavy atom. The summed E-state index contributed by atoms with van der Waals surface area (Å²) in [7, 11) is 0. The van der Waals surface area contributed by atoms with Crippen molar-refractivity contribution in [3.63, 3.8) is 0 Å². The summed E-state index contributed by atoms with van der Waals surface area (Å²) in [5, 5.41) is 14.9. The van der Waals surface area contributed by atoms with Gasteiger partial charge in [0.1, 0.15) is 17.9 Å². The topological polar surface area (TPSA) is 162 Å². The number of aromatic nitrogens is 1. The zero-order valence-electron chi connectivity index (χ0n) is 33.0. The maximum atomic E-state index is 13.3. The van der Waals surface area contributed by atoms with E-state index in [1.165, 1.54) is 12.8 Å². The van der Waals surface area contributed by atoms with Gasteiger partial charge in [0.2, 0.25) is 17.7 Å². The Hall–Kier alpha value is -5.52. The number of hydrogen-bond donors (Lipinski definition) is 2. The van der Waals surface area contributed by atoms with E-state index in [-0.39, 0.29) is 30.6 Å². The molecule has 0 aliphatic carbocycles. The van der Waals surface area contributed by atoms with Crippen LogP contribution in [-0.4, -0.2) is 109 Å². The number of nitriles is 1. The van der Waals surface area contributed by atoms with Crippen LogP contribution in [0.3, 0.4) is 0 Å². The number of pyridine rings is 1. The third-order valence-corrected chi connectivity index (χ3v) is 13.9. The van der Waals surface area contributed by atoms with Gasteiger partial charge in [-0.3, -0.25) is 34.2 Å². The first-order valence-corrected chi connectivity index (χ1v) is 21.2. The van der Waals surface area contributed by atoms with Gasteiger partial charge in [0.15, 0.2) is 0 Å². The minimum absolute atomic E-state index is 0.0000725. The second kappa shape index (κ2) is 15.9. The van der Waals surface area contributed by atoms with E-state index in [0.717, 1.165) is 107 Å². The van der Waals surface area contributed by atoms with Gasteiger partial charge >= 0.3 is 0 Å².